The molecule has 156 valence electrons. The number of fused-ring (bicyclic) bond motifs is 2. The van der Waals surface area contributed by atoms with Crippen LogP contribution in [-0.2, 0) is 20.4 Å². The molecular weight excluding hydrogens is 483 g/mol. The minimum Gasteiger partial charge on any atom is -1.00 e. The van der Waals surface area contributed by atoms with Crippen molar-refractivity contribution in [3.8, 4) is 0 Å². The van der Waals surface area contributed by atoms with Crippen molar-refractivity contribution in [1.29, 1.82) is 0 Å². The van der Waals surface area contributed by atoms with Crippen molar-refractivity contribution < 1.29 is 57.7 Å². The zero-order valence-corrected chi connectivity index (χ0v) is 23.1. The minimum atomic E-state index is -0.739. The summed E-state index contributed by atoms with van der Waals surface area (Å²) in [7, 11) is -0.739. The van der Waals surface area contributed by atoms with Gasteiger partial charge in [-0.25, -0.2) is 0 Å². The number of rotatable bonds is 3. The summed E-state index contributed by atoms with van der Waals surface area (Å²) >= 11 is 2.50. The maximum absolute atomic E-state index is 2.50. The van der Waals surface area contributed by atoms with E-state index in [9.17, 15) is 0 Å². The molecule has 0 spiro atoms. The number of hydrogen-bond donors (Lipinski definition) is 0. The molecule has 0 fully saturated rings. The number of allylic oxidation sites excluding steroid dienone is 4. The predicted octanol–water partition coefficient (Wildman–Crippen LogP) is -1.68. The average molecular weight is 510 g/mol. The SMILES string of the molecule is CC1=C(C)[C]([Ti+3])(C[SiH](C)C)C(c2c3ccccc3cc3ccccc23)=C1C.[Cl-].[Cl-].[Cl-]. The van der Waals surface area contributed by atoms with Gasteiger partial charge in [0.1, 0.15) is 0 Å². The monoisotopic (exact) mass is 508 g/mol. The van der Waals surface area contributed by atoms with Gasteiger partial charge in [-0.3, -0.25) is 0 Å². The summed E-state index contributed by atoms with van der Waals surface area (Å²) < 4.78 is 0.154. The van der Waals surface area contributed by atoms with Crippen LogP contribution in [0.3, 0.4) is 0 Å². The second-order valence-electron chi connectivity index (χ2n) is 8.45. The number of benzene rings is 3. The molecular formula is C25H27Cl3SiTi. The number of halogens is 3. The van der Waals surface area contributed by atoms with Gasteiger partial charge in [0.25, 0.3) is 0 Å². The summed E-state index contributed by atoms with van der Waals surface area (Å²) in [6.07, 6.45) is 0. The van der Waals surface area contributed by atoms with Crippen LogP contribution in [0.2, 0.25) is 22.9 Å². The quantitative estimate of drug-likeness (QED) is 0.292. The molecule has 0 bridgehead atoms. The molecule has 0 aromatic heterocycles. The zero-order valence-electron chi connectivity index (χ0n) is 18.1. The van der Waals surface area contributed by atoms with Gasteiger partial charge < -0.3 is 37.2 Å². The summed E-state index contributed by atoms with van der Waals surface area (Å²) in [5.41, 5.74) is 7.61. The Labute approximate surface area is 212 Å². The van der Waals surface area contributed by atoms with Crippen LogP contribution in [0.5, 0.6) is 0 Å². The van der Waals surface area contributed by atoms with Crippen molar-refractivity contribution >= 4 is 35.9 Å². The molecule has 0 heterocycles. The first-order valence-corrected chi connectivity index (χ1v) is 13.8. The molecule has 30 heavy (non-hydrogen) atoms. The molecule has 1 atom stereocenters. The minimum absolute atomic E-state index is 0. The van der Waals surface area contributed by atoms with E-state index in [1.165, 1.54) is 44.3 Å². The van der Waals surface area contributed by atoms with Gasteiger partial charge in [-0.2, -0.15) is 0 Å². The van der Waals surface area contributed by atoms with Gasteiger partial charge in [0.05, 0.1) is 0 Å². The normalized spacial score (nSPS) is 18.5. The van der Waals surface area contributed by atoms with Crippen LogP contribution in [-0.4, -0.2) is 8.80 Å². The predicted molar refractivity (Wildman–Crippen MR) is 119 cm³/mol. The first kappa shape index (κ1) is 27.5. The maximum atomic E-state index is 2.50. The van der Waals surface area contributed by atoms with E-state index in [1.54, 1.807) is 11.1 Å². The molecule has 0 nitrogen and oxygen atoms in total. The van der Waals surface area contributed by atoms with Gasteiger partial charge >= 0.3 is 177 Å². The standard InChI is InChI=1S/C25H27Si.3ClH.Ti/c1-16-17(2)23(15-26(4)5)24(18(16)3)25-21-12-8-6-10-19(21)14-20-11-7-9-13-22(20)25;;;;/h6-14,26H,15H2,1-5H3;3*1H;/q;;;;+3/p-3. The molecule has 0 radical (unpaired) electrons. The Bertz CT molecular complexity index is 1080. The van der Waals surface area contributed by atoms with E-state index in [1.807, 2.05) is 0 Å². The van der Waals surface area contributed by atoms with Crippen LogP contribution in [0.1, 0.15) is 26.3 Å². The van der Waals surface area contributed by atoms with E-state index >= 15 is 0 Å². The Morgan fingerprint density at radius 3 is 1.70 bits per heavy atom. The molecule has 0 aliphatic heterocycles. The summed E-state index contributed by atoms with van der Waals surface area (Å²) in [4.78, 5) is 0. The fourth-order valence-electron chi connectivity index (χ4n) is 4.85. The van der Waals surface area contributed by atoms with Gasteiger partial charge in [-0.15, -0.1) is 0 Å². The van der Waals surface area contributed by atoms with Gasteiger partial charge in [0.2, 0.25) is 0 Å². The molecule has 5 heteroatoms. The molecule has 1 aliphatic carbocycles. The van der Waals surface area contributed by atoms with Gasteiger partial charge in [-0.05, 0) is 0 Å². The zero-order chi connectivity index (χ0) is 19.3. The van der Waals surface area contributed by atoms with Gasteiger partial charge in [-0.1, -0.05) is 0 Å². The van der Waals surface area contributed by atoms with Crippen molar-refractivity contribution in [2.75, 3.05) is 0 Å². The largest absolute Gasteiger partial charge is 1.00 e. The second kappa shape index (κ2) is 10.4. The Morgan fingerprint density at radius 2 is 1.23 bits per heavy atom. The van der Waals surface area contributed by atoms with Crippen molar-refractivity contribution in [3.63, 3.8) is 0 Å². The molecule has 0 saturated heterocycles. The molecule has 0 saturated carbocycles. The second-order valence-corrected chi connectivity index (χ2v) is 13.0. The average Bonchev–Trinajstić information content (AvgIpc) is 2.80. The van der Waals surface area contributed by atoms with E-state index in [-0.39, 0.29) is 40.9 Å². The third-order valence-corrected chi connectivity index (χ3v) is 9.66. The van der Waals surface area contributed by atoms with Gasteiger partial charge in [0.15, 0.2) is 0 Å². The van der Waals surface area contributed by atoms with Gasteiger partial charge in [0, 0.05) is 0 Å². The summed E-state index contributed by atoms with van der Waals surface area (Å²) in [6.45, 7) is 12.0. The van der Waals surface area contributed by atoms with Crippen LogP contribution in [0.25, 0.3) is 27.1 Å². The van der Waals surface area contributed by atoms with Crippen LogP contribution in [0.15, 0.2) is 71.3 Å². The first-order valence-electron chi connectivity index (χ1n) is 9.90. The molecule has 3 aromatic rings. The van der Waals surface area contributed by atoms with E-state index in [2.05, 4.69) is 109 Å². The van der Waals surface area contributed by atoms with Crippen LogP contribution in [0, 0.1) is 0 Å². The summed E-state index contributed by atoms with van der Waals surface area (Å²) in [5.74, 6) is 0. The van der Waals surface area contributed by atoms with Crippen molar-refractivity contribution in [2.24, 2.45) is 0 Å². The fraction of sp³-hybridized carbons (Fsp3) is 0.280. The van der Waals surface area contributed by atoms with E-state index in [4.69, 9.17) is 0 Å². The van der Waals surface area contributed by atoms with Crippen molar-refractivity contribution in [1.82, 2.24) is 0 Å². The Balaban J connectivity index is 0.00000150. The molecule has 3 aromatic carbocycles. The summed E-state index contributed by atoms with van der Waals surface area (Å²) in [6, 6.07) is 21.5. The van der Waals surface area contributed by atoms with E-state index in [0.29, 0.717) is 0 Å². The third-order valence-electron chi connectivity index (χ3n) is 6.30. The molecule has 4 rings (SSSR count). The van der Waals surface area contributed by atoms with Crippen molar-refractivity contribution in [3.05, 3.63) is 76.9 Å². The van der Waals surface area contributed by atoms with Crippen LogP contribution >= 0.6 is 0 Å². The smallest absolute Gasteiger partial charge is 1.00 e. The first-order chi connectivity index (χ1) is 12.8. The van der Waals surface area contributed by atoms with E-state index < -0.39 is 8.80 Å². The molecule has 0 N–H and O–H groups in total. The topological polar surface area (TPSA) is 0 Å². The number of hydrogen-bond acceptors (Lipinski definition) is 0. The third kappa shape index (κ3) is 4.35. The van der Waals surface area contributed by atoms with Crippen molar-refractivity contribution in [2.45, 2.75) is 43.6 Å². The summed E-state index contributed by atoms with van der Waals surface area (Å²) in [5, 5.41) is 5.48. The van der Waals surface area contributed by atoms with Crippen LogP contribution in [0.4, 0.5) is 0 Å². The van der Waals surface area contributed by atoms with E-state index in [0.717, 1.165) is 0 Å². The fourth-order valence-corrected chi connectivity index (χ4v) is 9.28. The Morgan fingerprint density at radius 1 is 0.767 bits per heavy atom. The maximum Gasteiger partial charge on any atom is -1.00 e. The Kier molecular flexibility index (Phi) is 9.52. The van der Waals surface area contributed by atoms with Crippen LogP contribution < -0.4 is 37.2 Å². The molecule has 0 amide bonds. The molecule has 1 unspecified atom stereocenters. The Hall–Kier alpha value is -0.539. The molecule has 1 aliphatic rings.